The summed E-state index contributed by atoms with van der Waals surface area (Å²) in [5, 5.41) is 19.2. The zero-order valence-electron chi connectivity index (χ0n) is 12.7. The molecule has 0 spiro atoms. The van der Waals surface area contributed by atoms with Gasteiger partial charge in [-0.05, 0) is 45.2 Å². The van der Waals surface area contributed by atoms with Gasteiger partial charge in [-0.2, -0.15) is 5.10 Å². The first-order valence-electron chi connectivity index (χ1n) is 7.80. The van der Waals surface area contributed by atoms with Gasteiger partial charge in [-0.15, -0.1) is 0 Å². The average molecular weight is 293 g/mol. The van der Waals surface area contributed by atoms with Crippen LogP contribution >= 0.6 is 0 Å². The van der Waals surface area contributed by atoms with Gasteiger partial charge in [-0.1, -0.05) is 6.92 Å². The Kier molecular flexibility index (Phi) is 3.84. The minimum Gasteiger partial charge on any atom is -0.360 e. The van der Waals surface area contributed by atoms with Crippen LogP contribution in [0.15, 0.2) is 0 Å². The minimum absolute atomic E-state index is 0.139. The molecule has 1 aromatic heterocycles. The fourth-order valence-electron chi connectivity index (χ4n) is 3.61. The van der Waals surface area contributed by atoms with Gasteiger partial charge in [0.15, 0.2) is 0 Å². The van der Waals surface area contributed by atoms with Crippen LogP contribution in [0.5, 0.6) is 0 Å². The van der Waals surface area contributed by atoms with Crippen molar-refractivity contribution in [2.45, 2.75) is 45.7 Å². The van der Waals surface area contributed by atoms with Crippen LogP contribution in [-0.2, 0) is 6.54 Å². The van der Waals surface area contributed by atoms with Crippen molar-refractivity contribution in [3.05, 3.63) is 15.8 Å². The third-order valence-electron chi connectivity index (χ3n) is 4.69. The summed E-state index contributed by atoms with van der Waals surface area (Å²) in [6, 6.07) is 0.304. The molecule has 3 aliphatic heterocycles. The van der Waals surface area contributed by atoms with E-state index in [9.17, 15) is 10.1 Å². The van der Waals surface area contributed by atoms with E-state index in [1.165, 1.54) is 12.8 Å². The van der Waals surface area contributed by atoms with Crippen LogP contribution in [0.1, 0.15) is 31.9 Å². The molecule has 1 N–H and O–H groups in total. The molecule has 1 unspecified atom stereocenters. The second kappa shape index (κ2) is 5.63. The monoisotopic (exact) mass is 293 g/mol. The van der Waals surface area contributed by atoms with Crippen molar-refractivity contribution < 1.29 is 4.92 Å². The number of piperidine rings is 3. The summed E-state index contributed by atoms with van der Waals surface area (Å²) in [5.41, 5.74) is 0.636. The van der Waals surface area contributed by atoms with Crippen LogP contribution in [-0.4, -0.2) is 45.3 Å². The van der Waals surface area contributed by atoms with E-state index in [1.54, 1.807) is 11.6 Å². The number of aryl methyl sites for hydroxylation is 2. The number of nitro groups is 1. The van der Waals surface area contributed by atoms with Crippen LogP contribution in [0.25, 0.3) is 0 Å². The molecule has 2 bridgehead atoms. The van der Waals surface area contributed by atoms with Gasteiger partial charge in [-0.3, -0.25) is 10.1 Å². The molecular formula is C14H23N5O2. The van der Waals surface area contributed by atoms with Gasteiger partial charge in [0.05, 0.1) is 4.92 Å². The van der Waals surface area contributed by atoms with Gasteiger partial charge in [0.25, 0.3) is 0 Å². The highest BCUT2D eigenvalue weighted by atomic mass is 16.6. The Bertz CT molecular complexity index is 534. The highest BCUT2D eigenvalue weighted by Crippen LogP contribution is 2.34. The molecule has 0 aromatic carbocycles. The van der Waals surface area contributed by atoms with Crippen molar-refractivity contribution in [3.63, 3.8) is 0 Å². The van der Waals surface area contributed by atoms with Crippen molar-refractivity contribution in [1.82, 2.24) is 14.7 Å². The molecule has 3 saturated heterocycles. The van der Waals surface area contributed by atoms with Crippen LogP contribution in [0.4, 0.5) is 11.5 Å². The number of nitrogens with zero attached hydrogens (tertiary/aromatic N) is 4. The van der Waals surface area contributed by atoms with Crippen LogP contribution in [0.2, 0.25) is 0 Å². The molecule has 1 atom stereocenters. The summed E-state index contributed by atoms with van der Waals surface area (Å²) < 4.78 is 1.77. The lowest BCUT2D eigenvalue weighted by Gasteiger charge is -2.45. The fraction of sp³-hybridized carbons (Fsp3) is 0.786. The predicted octanol–water partition coefficient (Wildman–Crippen LogP) is 2.02. The zero-order chi connectivity index (χ0) is 15.0. The van der Waals surface area contributed by atoms with E-state index >= 15 is 0 Å². The highest BCUT2D eigenvalue weighted by molar-refractivity contribution is 5.60. The average Bonchev–Trinajstić information content (AvgIpc) is 2.76. The van der Waals surface area contributed by atoms with Gasteiger partial charge < -0.3 is 10.2 Å². The Hall–Kier alpha value is -1.63. The second-order valence-electron chi connectivity index (χ2n) is 6.15. The molecule has 7 heteroatoms. The number of rotatable bonds is 5. The van der Waals surface area contributed by atoms with Crippen molar-refractivity contribution in [1.29, 1.82) is 0 Å². The lowest BCUT2D eigenvalue weighted by atomic mass is 9.84. The first kappa shape index (κ1) is 14.3. The van der Waals surface area contributed by atoms with Crippen molar-refractivity contribution in [2.75, 3.05) is 25.0 Å². The van der Waals surface area contributed by atoms with E-state index in [0.29, 0.717) is 30.0 Å². The van der Waals surface area contributed by atoms with Gasteiger partial charge in [0, 0.05) is 19.1 Å². The lowest BCUT2D eigenvalue weighted by Crippen LogP contribution is -2.53. The number of aromatic nitrogens is 2. The summed E-state index contributed by atoms with van der Waals surface area (Å²) in [4.78, 5) is 13.5. The molecule has 4 rings (SSSR count). The topological polar surface area (TPSA) is 76.2 Å². The molecule has 7 nitrogen and oxygen atoms in total. The standard InChI is InChI=1S/C14H23N5O2/c1-3-6-18-14(13(19(20)21)10(2)16-18)15-12-9-17-7-4-11(12)5-8-17/h11-12,15H,3-9H2,1-2H3. The quantitative estimate of drug-likeness (QED) is 0.664. The van der Waals surface area contributed by atoms with E-state index in [-0.39, 0.29) is 10.6 Å². The summed E-state index contributed by atoms with van der Waals surface area (Å²) >= 11 is 0. The Labute approximate surface area is 124 Å². The maximum absolute atomic E-state index is 11.4. The molecule has 4 heterocycles. The normalized spacial score (nSPS) is 27.8. The molecule has 3 aliphatic rings. The largest absolute Gasteiger partial charge is 0.360 e. The summed E-state index contributed by atoms with van der Waals surface area (Å²) in [7, 11) is 0. The molecule has 0 radical (unpaired) electrons. The predicted molar refractivity (Wildman–Crippen MR) is 80.5 cm³/mol. The maximum atomic E-state index is 11.4. The SMILES string of the molecule is CCCn1nc(C)c([N+](=O)[O-])c1NC1CN2CCC1CC2. The number of hydrogen-bond acceptors (Lipinski definition) is 5. The van der Waals surface area contributed by atoms with Crippen LogP contribution < -0.4 is 5.32 Å². The van der Waals surface area contributed by atoms with Crippen molar-refractivity contribution in [2.24, 2.45) is 5.92 Å². The summed E-state index contributed by atoms with van der Waals surface area (Å²) in [6.45, 7) is 7.79. The minimum atomic E-state index is -0.307. The van der Waals surface area contributed by atoms with E-state index < -0.39 is 0 Å². The van der Waals surface area contributed by atoms with Gasteiger partial charge in [0.1, 0.15) is 5.69 Å². The van der Waals surface area contributed by atoms with Crippen LogP contribution in [0.3, 0.4) is 0 Å². The van der Waals surface area contributed by atoms with Crippen molar-refractivity contribution >= 4 is 11.5 Å². The molecule has 3 fully saturated rings. The third-order valence-corrected chi connectivity index (χ3v) is 4.69. The van der Waals surface area contributed by atoms with Gasteiger partial charge in [-0.25, -0.2) is 4.68 Å². The maximum Gasteiger partial charge on any atom is 0.333 e. The van der Waals surface area contributed by atoms with Crippen molar-refractivity contribution in [3.8, 4) is 0 Å². The number of nitrogens with one attached hydrogen (secondary N) is 1. The Morgan fingerprint density at radius 3 is 2.67 bits per heavy atom. The summed E-state index contributed by atoms with van der Waals surface area (Å²) in [5.74, 6) is 1.22. The third kappa shape index (κ3) is 2.62. The van der Waals surface area contributed by atoms with E-state index in [0.717, 1.165) is 26.1 Å². The molecule has 0 saturated carbocycles. The molecule has 116 valence electrons. The number of anilines is 1. The van der Waals surface area contributed by atoms with Gasteiger partial charge in [0.2, 0.25) is 5.82 Å². The van der Waals surface area contributed by atoms with Gasteiger partial charge >= 0.3 is 5.69 Å². The first-order valence-corrected chi connectivity index (χ1v) is 7.80. The lowest BCUT2D eigenvalue weighted by molar-refractivity contribution is -0.384. The molecule has 1 aromatic rings. The second-order valence-corrected chi connectivity index (χ2v) is 6.15. The Morgan fingerprint density at radius 1 is 1.43 bits per heavy atom. The molecule has 0 aliphatic carbocycles. The number of fused-ring (bicyclic) bond motifs is 3. The molecule has 0 amide bonds. The summed E-state index contributed by atoms with van der Waals surface area (Å²) in [6.07, 6.45) is 3.28. The van der Waals surface area contributed by atoms with E-state index in [4.69, 9.17) is 0 Å². The molecule has 21 heavy (non-hydrogen) atoms. The smallest absolute Gasteiger partial charge is 0.333 e. The van der Waals surface area contributed by atoms with E-state index in [2.05, 4.69) is 22.2 Å². The highest BCUT2D eigenvalue weighted by Gasteiger charge is 2.36. The van der Waals surface area contributed by atoms with E-state index in [1.807, 2.05) is 0 Å². The fourth-order valence-corrected chi connectivity index (χ4v) is 3.61. The van der Waals surface area contributed by atoms with Crippen LogP contribution in [0, 0.1) is 23.0 Å². The Balaban J connectivity index is 1.88. The Morgan fingerprint density at radius 2 is 2.14 bits per heavy atom. The zero-order valence-corrected chi connectivity index (χ0v) is 12.7. The number of hydrogen-bond donors (Lipinski definition) is 1. The molecular weight excluding hydrogens is 270 g/mol. The first-order chi connectivity index (χ1) is 10.1.